The van der Waals surface area contributed by atoms with Crippen molar-refractivity contribution in [2.75, 3.05) is 25.0 Å². The number of carbonyl (C=O) groups excluding carboxylic acids is 3. The number of hydrogen-bond donors (Lipinski definition) is 1. The number of rotatable bonds is 5. The van der Waals surface area contributed by atoms with Crippen LogP contribution >= 0.6 is 11.3 Å². The van der Waals surface area contributed by atoms with Gasteiger partial charge in [-0.1, -0.05) is 12.1 Å². The maximum absolute atomic E-state index is 12.3. The van der Waals surface area contributed by atoms with Crippen LogP contribution in [0.25, 0.3) is 0 Å². The third-order valence-electron chi connectivity index (χ3n) is 4.20. The first-order valence-corrected chi connectivity index (χ1v) is 9.85. The van der Waals surface area contributed by atoms with Gasteiger partial charge in [-0.25, -0.2) is 4.79 Å². The molecule has 1 aromatic carbocycles. The van der Waals surface area contributed by atoms with Gasteiger partial charge in [-0.15, -0.1) is 11.3 Å². The van der Waals surface area contributed by atoms with E-state index in [1.165, 1.54) is 17.4 Å². The Hall–Kier alpha value is -2.71. The minimum atomic E-state index is -0.616. The number of morpholine rings is 1. The van der Waals surface area contributed by atoms with Crippen molar-refractivity contribution < 1.29 is 23.9 Å². The quantitative estimate of drug-likeness (QED) is 0.778. The van der Waals surface area contributed by atoms with Crippen molar-refractivity contribution in [1.29, 1.82) is 0 Å². The molecule has 1 fully saturated rings. The monoisotopic (exact) mass is 402 g/mol. The molecule has 1 aliphatic heterocycles. The highest BCUT2D eigenvalue weighted by Crippen LogP contribution is 2.16. The van der Waals surface area contributed by atoms with E-state index < -0.39 is 5.97 Å². The summed E-state index contributed by atoms with van der Waals surface area (Å²) in [5.41, 5.74) is 0.746. The number of thiophene rings is 1. The van der Waals surface area contributed by atoms with Crippen LogP contribution in [0.5, 0.6) is 0 Å². The summed E-state index contributed by atoms with van der Waals surface area (Å²) in [7, 11) is 0. The fourth-order valence-corrected chi connectivity index (χ4v) is 3.63. The van der Waals surface area contributed by atoms with Gasteiger partial charge in [0.2, 0.25) is 0 Å². The lowest BCUT2D eigenvalue weighted by atomic mass is 10.2. The predicted octanol–water partition coefficient (Wildman–Crippen LogP) is 2.79. The topological polar surface area (TPSA) is 84.9 Å². The van der Waals surface area contributed by atoms with E-state index in [0.29, 0.717) is 23.7 Å². The normalized spacial score (nSPS) is 19.1. The SMILES string of the molecule is C[C@@H]1CN(C(=O)COC(=O)c2cccc(NC(=O)c3cccs3)c2)C[C@H](C)O1. The third kappa shape index (κ3) is 5.17. The summed E-state index contributed by atoms with van der Waals surface area (Å²) in [6.45, 7) is 4.43. The van der Waals surface area contributed by atoms with Crippen molar-refractivity contribution in [2.45, 2.75) is 26.1 Å². The van der Waals surface area contributed by atoms with Gasteiger partial charge >= 0.3 is 5.97 Å². The van der Waals surface area contributed by atoms with E-state index in [9.17, 15) is 14.4 Å². The van der Waals surface area contributed by atoms with Crippen LogP contribution in [0.4, 0.5) is 5.69 Å². The van der Waals surface area contributed by atoms with Crippen LogP contribution in [0.15, 0.2) is 41.8 Å². The lowest BCUT2D eigenvalue weighted by Gasteiger charge is -2.35. The van der Waals surface area contributed by atoms with Crippen molar-refractivity contribution in [3.05, 3.63) is 52.2 Å². The summed E-state index contributed by atoms with van der Waals surface area (Å²) in [6.07, 6.45) is -0.0981. The van der Waals surface area contributed by atoms with E-state index in [1.807, 2.05) is 19.2 Å². The fraction of sp³-hybridized carbons (Fsp3) is 0.350. The summed E-state index contributed by atoms with van der Waals surface area (Å²) in [6, 6.07) is 9.94. The highest BCUT2D eigenvalue weighted by atomic mass is 32.1. The standard InChI is InChI=1S/C20H22N2O5S/c1-13-10-22(11-14(2)27-13)18(23)12-26-20(25)15-5-3-6-16(9-15)21-19(24)17-7-4-8-28-17/h3-9,13-14H,10-12H2,1-2H3,(H,21,24)/t13-,14+. The Kier molecular flexibility index (Phi) is 6.43. The Morgan fingerprint density at radius 2 is 1.93 bits per heavy atom. The average Bonchev–Trinajstić information content (AvgIpc) is 3.20. The molecule has 2 aromatic rings. The summed E-state index contributed by atoms with van der Waals surface area (Å²) in [4.78, 5) is 38.9. The van der Waals surface area contributed by atoms with Gasteiger partial charge in [0, 0.05) is 18.8 Å². The molecule has 0 unspecified atom stereocenters. The van der Waals surface area contributed by atoms with Crippen molar-refractivity contribution in [3.63, 3.8) is 0 Å². The molecule has 2 heterocycles. The van der Waals surface area contributed by atoms with E-state index in [-0.39, 0.29) is 36.2 Å². The average molecular weight is 402 g/mol. The van der Waals surface area contributed by atoms with Crippen LogP contribution in [0, 0.1) is 0 Å². The molecule has 0 saturated carbocycles. The molecule has 28 heavy (non-hydrogen) atoms. The van der Waals surface area contributed by atoms with E-state index >= 15 is 0 Å². The number of esters is 1. The first-order valence-electron chi connectivity index (χ1n) is 8.97. The van der Waals surface area contributed by atoms with Crippen molar-refractivity contribution in [2.24, 2.45) is 0 Å². The Bertz CT molecular complexity index is 842. The predicted molar refractivity (Wildman–Crippen MR) is 106 cm³/mol. The summed E-state index contributed by atoms with van der Waals surface area (Å²) in [5, 5.41) is 4.56. The molecule has 0 radical (unpaired) electrons. The molecule has 148 valence electrons. The molecule has 8 heteroatoms. The number of hydrogen-bond acceptors (Lipinski definition) is 6. The van der Waals surface area contributed by atoms with Gasteiger partial charge in [0.1, 0.15) is 0 Å². The molecule has 0 aliphatic carbocycles. The van der Waals surface area contributed by atoms with Crippen molar-refractivity contribution in [3.8, 4) is 0 Å². The smallest absolute Gasteiger partial charge is 0.338 e. The largest absolute Gasteiger partial charge is 0.452 e. The van der Waals surface area contributed by atoms with Gasteiger partial charge in [0.15, 0.2) is 6.61 Å². The van der Waals surface area contributed by atoms with Crippen LogP contribution in [0.3, 0.4) is 0 Å². The molecular formula is C20H22N2O5S. The van der Waals surface area contributed by atoms with Gasteiger partial charge in [-0.05, 0) is 43.5 Å². The Morgan fingerprint density at radius 1 is 1.18 bits per heavy atom. The lowest BCUT2D eigenvalue weighted by Crippen LogP contribution is -2.49. The van der Waals surface area contributed by atoms with E-state index in [4.69, 9.17) is 9.47 Å². The van der Waals surface area contributed by atoms with Gasteiger partial charge in [0.25, 0.3) is 11.8 Å². The molecule has 2 atom stereocenters. The molecular weight excluding hydrogens is 380 g/mol. The minimum absolute atomic E-state index is 0.0490. The van der Waals surface area contributed by atoms with Crippen LogP contribution in [-0.2, 0) is 14.3 Å². The number of amides is 2. The van der Waals surface area contributed by atoms with Crippen molar-refractivity contribution in [1.82, 2.24) is 4.90 Å². The van der Waals surface area contributed by atoms with E-state index in [2.05, 4.69) is 5.32 Å². The Morgan fingerprint density at radius 3 is 2.61 bits per heavy atom. The van der Waals surface area contributed by atoms with Crippen LogP contribution in [0.1, 0.15) is 33.9 Å². The zero-order chi connectivity index (χ0) is 20.1. The second kappa shape index (κ2) is 8.99. The molecule has 1 N–H and O–H groups in total. The van der Waals surface area contributed by atoms with Crippen LogP contribution in [-0.4, -0.2) is 54.6 Å². The highest BCUT2D eigenvalue weighted by molar-refractivity contribution is 7.12. The minimum Gasteiger partial charge on any atom is -0.452 e. The fourth-order valence-electron chi connectivity index (χ4n) is 3.01. The summed E-state index contributed by atoms with van der Waals surface area (Å²) < 4.78 is 10.8. The van der Waals surface area contributed by atoms with Crippen LogP contribution < -0.4 is 5.32 Å². The highest BCUT2D eigenvalue weighted by Gasteiger charge is 2.26. The number of ether oxygens (including phenoxy) is 2. The number of nitrogens with one attached hydrogen (secondary N) is 1. The zero-order valence-corrected chi connectivity index (χ0v) is 16.5. The van der Waals surface area contributed by atoms with Gasteiger partial charge in [-0.2, -0.15) is 0 Å². The maximum atomic E-state index is 12.3. The molecule has 0 bridgehead atoms. The zero-order valence-electron chi connectivity index (χ0n) is 15.7. The molecule has 1 saturated heterocycles. The molecule has 2 amide bonds. The summed E-state index contributed by atoms with van der Waals surface area (Å²) in [5.74, 6) is -1.11. The molecule has 1 aromatic heterocycles. The summed E-state index contributed by atoms with van der Waals surface area (Å²) >= 11 is 1.33. The number of nitrogens with zero attached hydrogens (tertiary/aromatic N) is 1. The number of carbonyl (C=O) groups is 3. The Labute approximate surface area is 167 Å². The second-order valence-electron chi connectivity index (χ2n) is 6.64. The first-order chi connectivity index (χ1) is 13.4. The molecule has 0 spiro atoms. The van der Waals surface area contributed by atoms with Gasteiger partial charge < -0.3 is 19.7 Å². The second-order valence-corrected chi connectivity index (χ2v) is 7.59. The first kappa shape index (κ1) is 20.0. The number of benzene rings is 1. The molecule has 3 rings (SSSR count). The van der Waals surface area contributed by atoms with E-state index in [0.717, 1.165) is 0 Å². The van der Waals surface area contributed by atoms with Gasteiger partial charge in [-0.3, -0.25) is 9.59 Å². The Balaban J connectivity index is 1.55. The molecule has 7 nitrogen and oxygen atoms in total. The maximum Gasteiger partial charge on any atom is 0.338 e. The lowest BCUT2D eigenvalue weighted by molar-refractivity contribution is -0.146. The van der Waals surface area contributed by atoms with Crippen LogP contribution in [0.2, 0.25) is 0 Å². The van der Waals surface area contributed by atoms with E-state index in [1.54, 1.807) is 35.2 Å². The molecule has 1 aliphatic rings. The third-order valence-corrected chi connectivity index (χ3v) is 5.07. The van der Waals surface area contributed by atoms with Gasteiger partial charge in [0.05, 0.1) is 22.6 Å². The van der Waals surface area contributed by atoms with Crippen molar-refractivity contribution >= 4 is 34.8 Å². The number of anilines is 1.